The molecule has 0 aromatic heterocycles. The summed E-state index contributed by atoms with van der Waals surface area (Å²) in [6.45, 7) is 0. The van der Waals surface area contributed by atoms with Crippen molar-refractivity contribution >= 4 is 35.2 Å². The number of halogens is 1. The molecule has 2 aromatic carbocycles. The summed E-state index contributed by atoms with van der Waals surface area (Å²) in [6.07, 6.45) is 2.96. The van der Waals surface area contributed by atoms with Crippen LogP contribution >= 0.6 is 11.6 Å². The molecule has 0 aliphatic rings. The molecular formula is C16H12ClNO3. The maximum Gasteiger partial charge on any atom is 0.337 e. The van der Waals surface area contributed by atoms with Gasteiger partial charge in [0, 0.05) is 11.1 Å². The van der Waals surface area contributed by atoms with Gasteiger partial charge in [0.25, 0.3) is 0 Å². The Hall–Kier alpha value is -2.59. The highest BCUT2D eigenvalue weighted by molar-refractivity contribution is 6.30. The summed E-state index contributed by atoms with van der Waals surface area (Å²) in [5, 5.41) is 12.2. The van der Waals surface area contributed by atoms with Gasteiger partial charge in [0.1, 0.15) is 0 Å². The average Bonchev–Trinajstić information content (AvgIpc) is 2.47. The van der Waals surface area contributed by atoms with Gasteiger partial charge in [-0.3, -0.25) is 4.79 Å². The summed E-state index contributed by atoms with van der Waals surface area (Å²) < 4.78 is 0. The lowest BCUT2D eigenvalue weighted by Gasteiger charge is -2.05. The SMILES string of the molecule is O=C(/C=C\c1ccc(Cl)cc1)Nc1ccccc1C(=O)O. The molecule has 0 heterocycles. The molecule has 0 fully saturated rings. The predicted molar refractivity (Wildman–Crippen MR) is 82.5 cm³/mol. The van der Waals surface area contributed by atoms with Crippen molar-refractivity contribution in [1.29, 1.82) is 0 Å². The van der Waals surface area contributed by atoms with E-state index < -0.39 is 11.9 Å². The van der Waals surface area contributed by atoms with Gasteiger partial charge < -0.3 is 10.4 Å². The van der Waals surface area contributed by atoms with Gasteiger partial charge in [0.05, 0.1) is 11.3 Å². The quantitative estimate of drug-likeness (QED) is 0.846. The number of nitrogens with one attached hydrogen (secondary N) is 1. The monoisotopic (exact) mass is 301 g/mol. The lowest BCUT2D eigenvalue weighted by Crippen LogP contribution is -2.11. The molecule has 0 saturated heterocycles. The van der Waals surface area contributed by atoms with Crippen LogP contribution in [-0.4, -0.2) is 17.0 Å². The van der Waals surface area contributed by atoms with Crippen molar-refractivity contribution in [2.45, 2.75) is 0 Å². The van der Waals surface area contributed by atoms with Crippen molar-refractivity contribution in [2.75, 3.05) is 5.32 Å². The fourth-order valence-electron chi connectivity index (χ4n) is 1.70. The molecule has 2 aromatic rings. The van der Waals surface area contributed by atoms with E-state index in [2.05, 4.69) is 5.32 Å². The summed E-state index contributed by atoms with van der Waals surface area (Å²) in [5.41, 5.74) is 1.13. The van der Waals surface area contributed by atoms with Crippen LogP contribution in [0.3, 0.4) is 0 Å². The van der Waals surface area contributed by atoms with Gasteiger partial charge in [-0.25, -0.2) is 4.79 Å². The van der Waals surface area contributed by atoms with Crippen LogP contribution in [0, 0.1) is 0 Å². The van der Waals surface area contributed by atoms with E-state index in [0.29, 0.717) is 5.02 Å². The van der Waals surface area contributed by atoms with Gasteiger partial charge in [-0.2, -0.15) is 0 Å². The molecular weight excluding hydrogens is 290 g/mol. The summed E-state index contributed by atoms with van der Waals surface area (Å²) in [6, 6.07) is 13.2. The van der Waals surface area contributed by atoms with Crippen LogP contribution < -0.4 is 5.32 Å². The van der Waals surface area contributed by atoms with E-state index >= 15 is 0 Å². The normalized spacial score (nSPS) is 10.5. The van der Waals surface area contributed by atoms with Gasteiger partial charge in [0.2, 0.25) is 5.91 Å². The Bertz CT molecular complexity index is 693. The molecule has 0 aliphatic carbocycles. The van der Waals surface area contributed by atoms with Crippen LogP contribution in [0.1, 0.15) is 15.9 Å². The number of carbonyl (C=O) groups excluding carboxylic acids is 1. The van der Waals surface area contributed by atoms with Crippen molar-refractivity contribution < 1.29 is 14.7 Å². The van der Waals surface area contributed by atoms with Crippen molar-refractivity contribution in [3.8, 4) is 0 Å². The number of para-hydroxylation sites is 1. The lowest BCUT2D eigenvalue weighted by atomic mass is 10.1. The summed E-state index contributed by atoms with van der Waals surface area (Å²) in [7, 11) is 0. The topological polar surface area (TPSA) is 66.4 Å². The maximum atomic E-state index is 11.8. The molecule has 4 nitrogen and oxygen atoms in total. The van der Waals surface area contributed by atoms with Crippen LogP contribution in [0.25, 0.3) is 6.08 Å². The summed E-state index contributed by atoms with van der Waals surface area (Å²) >= 11 is 5.77. The van der Waals surface area contributed by atoms with E-state index in [1.807, 2.05) is 0 Å². The zero-order valence-corrected chi connectivity index (χ0v) is 11.7. The molecule has 5 heteroatoms. The van der Waals surface area contributed by atoms with Crippen LogP contribution in [-0.2, 0) is 4.79 Å². The van der Waals surface area contributed by atoms with Gasteiger partial charge >= 0.3 is 5.97 Å². The van der Waals surface area contributed by atoms with E-state index in [1.165, 1.54) is 18.2 Å². The third-order valence-corrected chi connectivity index (χ3v) is 2.96. The molecule has 0 spiro atoms. The first kappa shape index (κ1) is 14.8. The first-order chi connectivity index (χ1) is 10.1. The summed E-state index contributed by atoms with van der Waals surface area (Å²) in [4.78, 5) is 22.8. The first-order valence-electron chi connectivity index (χ1n) is 6.13. The molecule has 1 amide bonds. The fraction of sp³-hybridized carbons (Fsp3) is 0. The number of benzene rings is 2. The Kier molecular flexibility index (Phi) is 4.74. The smallest absolute Gasteiger partial charge is 0.337 e. The highest BCUT2D eigenvalue weighted by Crippen LogP contribution is 2.15. The Morgan fingerprint density at radius 1 is 1.05 bits per heavy atom. The first-order valence-corrected chi connectivity index (χ1v) is 6.51. The third kappa shape index (κ3) is 4.19. The number of amides is 1. The third-order valence-electron chi connectivity index (χ3n) is 2.71. The molecule has 0 bridgehead atoms. The van der Waals surface area contributed by atoms with E-state index in [0.717, 1.165) is 5.56 Å². The van der Waals surface area contributed by atoms with Crippen LogP contribution in [0.2, 0.25) is 5.02 Å². The van der Waals surface area contributed by atoms with E-state index in [4.69, 9.17) is 16.7 Å². The number of hydrogen-bond donors (Lipinski definition) is 2. The van der Waals surface area contributed by atoms with Crippen molar-refractivity contribution in [3.05, 3.63) is 70.8 Å². The van der Waals surface area contributed by atoms with Crippen molar-refractivity contribution in [2.24, 2.45) is 0 Å². The second-order valence-corrected chi connectivity index (χ2v) is 4.66. The minimum absolute atomic E-state index is 0.0470. The second kappa shape index (κ2) is 6.72. The molecule has 2 N–H and O–H groups in total. The van der Waals surface area contributed by atoms with Crippen LogP contribution in [0.15, 0.2) is 54.6 Å². The van der Waals surface area contributed by atoms with E-state index in [1.54, 1.807) is 42.5 Å². The maximum absolute atomic E-state index is 11.8. The Balaban J connectivity index is 2.08. The fourth-order valence-corrected chi connectivity index (χ4v) is 1.82. The number of carboxylic acids is 1. The standard InChI is InChI=1S/C16H12ClNO3/c17-12-8-5-11(6-9-12)7-10-15(19)18-14-4-2-1-3-13(14)16(20)21/h1-10H,(H,18,19)(H,20,21)/b10-7-. The molecule has 0 atom stereocenters. The molecule has 106 valence electrons. The van der Waals surface area contributed by atoms with Gasteiger partial charge in [-0.05, 0) is 35.9 Å². The zero-order valence-electron chi connectivity index (χ0n) is 10.9. The number of hydrogen-bond acceptors (Lipinski definition) is 2. The number of rotatable bonds is 4. The number of anilines is 1. The largest absolute Gasteiger partial charge is 0.478 e. The average molecular weight is 302 g/mol. The number of aromatic carboxylic acids is 1. The molecule has 0 aliphatic heterocycles. The van der Waals surface area contributed by atoms with Gasteiger partial charge in [-0.1, -0.05) is 35.9 Å². The zero-order chi connectivity index (χ0) is 15.2. The molecule has 0 unspecified atom stereocenters. The molecule has 0 radical (unpaired) electrons. The predicted octanol–water partition coefficient (Wildman–Crippen LogP) is 3.69. The van der Waals surface area contributed by atoms with Crippen molar-refractivity contribution in [3.63, 3.8) is 0 Å². The minimum Gasteiger partial charge on any atom is -0.478 e. The highest BCUT2D eigenvalue weighted by atomic mass is 35.5. The second-order valence-electron chi connectivity index (χ2n) is 4.22. The minimum atomic E-state index is -1.09. The molecule has 0 saturated carbocycles. The molecule has 2 rings (SSSR count). The van der Waals surface area contributed by atoms with E-state index in [-0.39, 0.29) is 11.3 Å². The lowest BCUT2D eigenvalue weighted by molar-refractivity contribution is -0.111. The molecule has 21 heavy (non-hydrogen) atoms. The van der Waals surface area contributed by atoms with E-state index in [9.17, 15) is 9.59 Å². The Morgan fingerprint density at radius 3 is 2.38 bits per heavy atom. The van der Waals surface area contributed by atoms with Crippen LogP contribution in [0.5, 0.6) is 0 Å². The van der Waals surface area contributed by atoms with Gasteiger partial charge in [-0.15, -0.1) is 0 Å². The number of carbonyl (C=O) groups is 2. The van der Waals surface area contributed by atoms with Crippen molar-refractivity contribution in [1.82, 2.24) is 0 Å². The highest BCUT2D eigenvalue weighted by Gasteiger charge is 2.09. The number of carboxylic acid groups (broad SMARTS) is 1. The van der Waals surface area contributed by atoms with Crippen LogP contribution in [0.4, 0.5) is 5.69 Å². The Labute approximate surface area is 126 Å². The summed E-state index contributed by atoms with van der Waals surface area (Å²) in [5.74, 6) is -1.49. The Morgan fingerprint density at radius 2 is 1.71 bits per heavy atom. The van der Waals surface area contributed by atoms with Gasteiger partial charge in [0.15, 0.2) is 0 Å².